The summed E-state index contributed by atoms with van der Waals surface area (Å²) in [6.45, 7) is 4.03. The summed E-state index contributed by atoms with van der Waals surface area (Å²) in [5, 5.41) is 0. The smallest absolute Gasteiger partial charge is 0.243 e. The van der Waals surface area contributed by atoms with Crippen LogP contribution in [0, 0.1) is 24.7 Å². The van der Waals surface area contributed by atoms with Crippen LogP contribution in [0.15, 0.2) is 59.5 Å². The zero-order valence-electron chi connectivity index (χ0n) is 15.8. The molecule has 1 atom stereocenters. The highest BCUT2D eigenvalue weighted by Crippen LogP contribution is 2.19. The van der Waals surface area contributed by atoms with Gasteiger partial charge in [0.15, 0.2) is 0 Å². The molecule has 4 nitrogen and oxygen atoms in total. The molecule has 0 heterocycles. The van der Waals surface area contributed by atoms with Crippen LogP contribution in [0.5, 0.6) is 0 Å². The van der Waals surface area contributed by atoms with Crippen molar-refractivity contribution in [2.24, 2.45) is 5.92 Å². The van der Waals surface area contributed by atoms with E-state index in [0.717, 1.165) is 17.4 Å². The number of hydrogen-bond acceptors (Lipinski definition) is 3. The van der Waals surface area contributed by atoms with E-state index in [1.807, 2.05) is 37.3 Å². The van der Waals surface area contributed by atoms with Gasteiger partial charge < -0.3 is 4.79 Å². The standard InChI is InChI=1S/C22H25NO3S/c1-3-4-8-15-23(27(25,26)22-13-11-19(2)12-14-22)17-21(18-24)16-20-9-6-5-7-10-20/h5-7,9-14,18,21H,8,15-17H2,1-2H3. The fraction of sp³-hybridized carbons (Fsp3) is 0.318. The molecule has 0 radical (unpaired) electrons. The predicted molar refractivity (Wildman–Crippen MR) is 108 cm³/mol. The zero-order valence-corrected chi connectivity index (χ0v) is 16.6. The minimum Gasteiger partial charge on any atom is -0.303 e. The van der Waals surface area contributed by atoms with E-state index in [1.54, 1.807) is 31.2 Å². The summed E-state index contributed by atoms with van der Waals surface area (Å²) in [5.74, 6) is 5.28. The van der Waals surface area contributed by atoms with Gasteiger partial charge in [-0.15, -0.1) is 11.8 Å². The van der Waals surface area contributed by atoms with E-state index < -0.39 is 15.9 Å². The number of carbonyl (C=O) groups excluding carboxylic acids is 1. The number of benzene rings is 2. The second kappa shape index (κ2) is 10.1. The molecule has 0 N–H and O–H groups in total. The van der Waals surface area contributed by atoms with E-state index >= 15 is 0 Å². The van der Waals surface area contributed by atoms with Crippen molar-refractivity contribution >= 4 is 16.3 Å². The maximum absolute atomic E-state index is 13.1. The normalized spacial score (nSPS) is 12.3. The Morgan fingerprint density at radius 2 is 1.74 bits per heavy atom. The molecule has 0 fully saturated rings. The van der Waals surface area contributed by atoms with Gasteiger partial charge in [-0.05, 0) is 38.0 Å². The maximum Gasteiger partial charge on any atom is 0.243 e. The molecule has 2 aromatic rings. The Hall–Kier alpha value is -2.42. The third kappa shape index (κ3) is 6.06. The van der Waals surface area contributed by atoms with E-state index in [2.05, 4.69) is 11.8 Å². The largest absolute Gasteiger partial charge is 0.303 e. The molecule has 0 amide bonds. The monoisotopic (exact) mass is 383 g/mol. The van der Waals surface area contributed by atoms with Gasteiger partial charge in [0.1, 0.15) is 6.29 Å². The number of aldehydes is 1. The first-order chi connectivity index (χ1) is 13.0. The molecule has 0 aliphatic heterocycles. The van der Waals surface area contributed by atoms with Gasteiger partial charge in [0, 0.05) is 25.4 Å². The van der Waals surface area contributed by atoms with E-state index in [9.17, 15) is 13.2 Å². The Morgan fingerprint density at radius 3 is 2.33 bits per heavy atom. The molecule has 0 bridgehead atoms. The van der Waals surface area contributed by atoms with Gasteiger partial charge >= 0.3 is 0 Å². The maximum atomic E-state index is 13.1. The summed E-state index contributed by atoms with van der Waals surface area (Å²) < 4.78 is 27.6. The summed E-state index contributed by atoms with van der Waals surface area (Å²) in [6, 6.07) is 16.4. The SMILES string of the molecule is CC#CCCN(CC(C=O)Cc1ccccc1)S(=O)(=O)c1ccc(C)cc1. The molecule has 2 aromatic carbocycles. The Bertz CT molecular complexity index is 894. The van der Waals surface area contributed by atoms with Gasteiger partial charge in [-0.25, -0.2) is 8.42 Å². The molecular weight excluding hydrogens is 358 g/mol. The van der Waals surface area contributed by atoms with E-state index in [0.29, 0.717) is 12.8 Å². The molecule has 0 spiro atoms. The van der Waals surface area contributed by atoms with Gasteiger partial charge in [-0.2, -0.15) is 4.31 Å². The highest BCUT2D eigenvalue weighted by molar-refractivity contribution is 7.89. The van der Waals surface area contributed by atoms with Crippen LogP contribution in [0.1, 0.15) is 24.5 Å². The van der Waals surface area contributed by atoms with Gasteiger partial charge in [-0.3, -0.25) is 0 Å². The molecule has 1 unspecified atom stereocenters. The molecule has 2 rings (SSSR count). The second-order valence-electron chi connectivity index (χ2n) is 6.44. The number of nitrogens with zero attached hydrogens (tertiary/aromatic N) is 1. The lowest BCUT2D eigenvalue weighted by molar-refractivity contribution is -0.111. The van der Waals surface area contributed by atoms with Crippen LogP contribution in [-0.2, 0) is 21.2 Å². The summed E-state index contributed by atoms with van der Waals surface area (Å²) in [6.07, 6.45) is 1.78. The first-order valence-corrected chi connectivity index (χ1v) is 10.4. The van der Waals surface area contributed by atoms with E-state index in [1.165, 1.54) is 4.31 Å². The average Bonchev–Trinajstić information content (AvgIpc) is 2.67. The summed E-state index contributed by atoms with van der Waals surface area (Å²) in [5.41, 5.74) is 2.00. The highest BCUT2D eigenvalue weighted by Gasteiger charge is 2.26. The van der Waals surface area contributed by atoms with Crippen molar-refractivity contribution in [1.29, 1.82) is 0 Å². The summed E-state index contributed by atoms with van der Waals surface area (Å²) >= 11 is 0. The first-order valence-electron chi connectivity index (χ1n) is 8.93. The molecule has 0 aliphatic rings. The summed E-state index contributed by atoms with van der Waals surface area (Å²) in [7, 11) is -3.69. The molecule has 27 heavy (non-hydrogen) atoms. The van der Waals surface area contributed by atoms with Crippen molar-refractivity contribution in [3.05, 3.63) is 65.7 Å². The van der Waals surface area contributed by atoms with Crippen LogP contribution >= 0.6 is 0 Å². The van der Waals surface area contributed by atoms with E-state index in [4.69, 9.17) is 0 Å². The minimum atomic E-state index is -3.69. The number of hydrogen-bond donors (Lipinski definition) is 0. The van der Waals surface area contributed by atoms with Gasteiger partial charge in [-0.1, -0.05) is 48.0 Å². The number of rotatable bonds is 9. The third-order valence-electron chi connectivity index (χ3n) is 4.29. The van der Waals surface area contributed by atoms with Gasteiger partial charge in [0.25, 0.3) is 0 Å². The van der Waals surface area contributed by atoms with E-state index in [-0.39, 0.29) is 18.0 Å². The highest BCUT2D eigenvalue weighted by atomic mass is 32.2. The van der Waals surface area contributed by atoms with Crippen LogP contribution in [0.3, 0.4) is 0 Å². The van der Waals surface area contributed by atoms with Crippen LogP contribution in [0.25, 0.3) is 0 Å². The first kappa shape index (κ1) is 20.9. The summed E-state index contributed by atoms with van der Waals surface area (Å²) in [4.78, 5) is 11.9. The second-order valence-corrected chi connectivity index (χ2v) is 8.38. The Balaban J connectivity index is 2.24. The molecule has 142 valence electrons. The lowest BCUT2D eigenvalue weighted by Gasteiger charge is -2.24. The van der Waals surface area contributed by atoms with Crippen molar-refractivity contribution in [2.75, 3.05) is 13.1 Å². The Labute approximate surface area is 162 Å². The fourth-order valence-corrected chi connectivity index (χ4v) is 4.31. The van der Waals surface area contributed by atoms with Crippen molar-refractivity contribution in [3.63, 3.8) is 0 Å². The van der Waals surface area contributed by atoms with Gasteiger partial charge in [0.05, 0.1) is 4.90 Å². The fourth-order valence-electron chi connectivity index (χ4n) is 2.81. The van der Waals surface area contributed by atoms with Crippen molar-refractivity contribution in [2.45, 2.75) is 31.6 Å². The quantitative estimate of drug-likeness (QED) is 0.492. The number of sulfonamides is 1. The molecule has 0 aromatic heterocycles. The average molecular weight is 384 g/mol. The molecule has 0 saturated heterocycles. The predicted octanol–water partition coefficient (Wildman–Crippen LogP) is 3.46. The van der Waals surface area contributed by atoms with Crippen LogP contribution in [-0.4, -0.2) is 32.1 Å². The van der Waals surface area contributed by atoms with Crippen LogP contribution < -0.4 is 0 Å². The zero-order chi connectivity index (χ0) is 19.7. The Kier molecular flexibility index (Phi) is 7.78. The van der Waals surface area contributed by atoms with Crippen molar-refractivity contribution in [1.82, 2.24) is 4.31 Å². The number of carbonyl (C=O) groups is 1. The minimum absolute atomic E-state index is 0.139. The third-order valence-corrected chi connectivity index (χ3v) is 6.17. The molecular formula is C22H25NO3S. The molecule has 0 saturated carbocycles. The molecule has 5 heteroatoms. The number of aryl methyl sites for hydroxylation is 1. The lowest BCUT2D eigenvalue weighted by atomic mass is 10.0. The lowest BCUT2D eigenvalue weighted by Crippen LogP contribution is -2.37. The van der Waals surface area contributed by atoms with Crippen LogP contribution in [0.4, 0.5) is 0 Å². The topological polar surface area (TPSA) is 54.5 Å². The molecule has 0 aliphatic carbocycles. The van der Waals surface area contributed by atoms with Crippen molar-refractivity contribution in [3.8, 4) is 11.8 Å². The Morgan fingerprint density at radius 1 is 1.07 bits per heavy atom. The van der Waals surface area contributed by atoms with Crippen molar-refractivity contribution < 1.29 is 13.2 Å². The van der Waals surface area contributed by atoms with Crippen LogP contribution in [0.2, 0.25) is 0 Å². The van der Waals surface area contributed by atoms with Gasteiger partial charge in [0.2, 0.25) is 10.0 Å².